The zero-order valence-corrected chi connectivity index (χ0v) is 8.78. The molecule has 0 aliphatic carbocycles. The summed E-state index contributed by atoms with van der Waals surface area (Å²) in [5.74, 6) is 0. The van der Waals surface area contributed by atoms with Crippen molar-refractivity contribution in [2.24, 2.45) is 0 Å². The van der Waals surface area contributed by atoms with E-state index in [-0.39, 0.29) is 0 Å². The van der Waals surface area contributed by atoms with Gasteiger partial charge in [0.2, 0.25) is 0 Å². The van der Waals surface area contributed by atoms with Crippen LogP contribution in [0.5, 0.6) is 0 Å². The topological polar surface area (TPSA) is 0 Å². The van der Waals surface area contributed by atoms with Crippen LogP contribution in [0.3, 0.4) is 0 Å². The van der Waals surface area contributed by atoms with Gasteiger partial charge >= 0.3 is 26.8 Å². The van der Waals surface area contributed by atoms with Crippen LogP contribution < -0.4 is 0 Å². The molecule has 0 fully saturated rings. The Labute approximate surface area is 66.3 Å². The van der Waals surface area contributed by atoms with Crippen molar-refractivity contribution >= 4 is 66.9 Å². The molecule has 0 amide bonds. The number of hydrogen-bond acceptors (Lipinski definition) is 0. The molecule has 6 heteroatoms. The van der Waals surface area contributed by atoms with Crippen molar-refractivity contribution in [3.63, 3.8) is 0 Å². The molecule has 0 bridgehead atoms. The Hall–Kier alpha value is 2.22. The summed E-state index contributed by atoms with van der Waals surface area (Å²) in [6.07, 6.45) is 0. The molecule has 0 aromatic carbocycles. The third-order valence-corrected chi connectivity index (χ3v) is 0. The lowest BCUT2D eigenvalue weighted by atomic mass is 26.8. The van der Waals surface area contributed by atoms with E-state index in [4.69, 9.17) is 40.2 Å². The van der Waals surface area contributed by atoms with Crippen LogP contribution in [0.15, 0.2) is 0 Å². The largest absolute Gasteiger partial charge is 0.499 e. The van der Waals surface area contributed by atoms with Crippen LogP contribution in [0.2, 0.25) is 0 Å². The molecule has 0 heterocycles. The monoisotopic (exact) mass is 196 g/mol. The highest BCUT2D eigenvalue weighted by atomic mass is 35.7. The van der Waals surface area contributed by atoms with Gasteiger partial charge in [0.15, 0.2) is 0 Å². The van der Waals surface area contributed by atoms with E-state index in [0.717, 1.165) is 0 Å². The maximum Gasteiger partial charge on any atom is 0.499 e. The predicted molar refractivity (Wildman–Crippen MR) is 37.7 cm³/mol. The summed E-state index contributed by atoms with van der Waals surface area (Å²) in [6.45, 7) is 0. The standard InChI is InChI=1S/2Al.4ClH.2H/h;;4*1H;;/q2*+2;;;;;;/p-4. The number of hydrogen-bond donors (Lipinski definition) is 0. The van der Waals surface area contributed by atoms with Gasteiger partial charge in [0, 0.05) is 0 Å². The molecule has 0 aromatic heterocycles. The highest BCUT2D eigenvalue weighted by molar-refractivity contribution is 7.22. The van der Waals surface area contributed by atoms with Crippen molar-refractivity contribution in [3.8, 4) is 0 Å². The van der Waals surface area contributed by atoms with E-state index in [1.54, 1.807) is 0 Å². The molecule has 36 valence electrons. The maximum atomic E-state index is 4.90. The van der Waals surface area contributed by atoms with Crippen LogP contribution in [-0.4, -0.2) is 26.8 Å². The summed E-state index contributed by atoms with van der Waals surface area (Å²) >= 11 is -1.28. The van der Waals surface area contributed by atoms with Gasteiger partial charge in [0.1, 0.15) is 0 Å². The molecule has 0 atom stereocenters. The number of rotatable bonds is 0. The molecule has 0 radical (unpaired) electrons. The van der Waals surface area contributed by atoms with Crippen LogP contribution >= 0.6 is 40.2 Å². The van der Waals surface area contributed by atoms with Crippen LogP contribution in [-0.2, 0) is 0 Å². The highest BCUT2D eigenvalue weighted by Crippen LogP contribution is 1.67. The molecule has 0 rings (SSSR count). The van der Waals surface area contributed by atoms with Crippen LogP contribution in [0.4, 0.5) is 0 Å². The van der Waals surface area contributed by atoms with Gasteiger partial charge in [-0.3, -0.25) is 0 Å². The lowest BCUT2D eigenvalue weighted by Crippen LogP contribution is -1.36. The second kappa shape index (κ2) is 15.7. The van der Waals surface area contributed by atoms with E-state index in [1.807, 2.05) is 0 Å². The first-order valence-corrected chi connectivity index (χ1v) is 9.62. The smallest absolute Gasteiger partial charge is 0.240 e. The second-order valence-corrected chi connectivity index (χ2v) is 5.45. The summed E-state index contributed by atoms with van der Waals surface area (Å²) in [5, 5.41) is 0. The quantitative estimate of drug-likeness (QED) is 0.516. The Kier molecular flexibility index (Phi) is 29.0. The zero-order chi connectivity index (χ0) is 5.41. The van der Waals surface area contributed by atoms with Crippen molar-refractivity contribution in [2.45, 2.75) is 0 Å². The van der Waals surface area contributed by atoms with E-state index in [2.05, 4.69) is 0 Å². The van der Waals surface area contributed by atoms with E-state index >= 15 is 0 Å². The number of halogens is 4. The molecule has 0 aliphatic rings. The summed E-state index contributed by atoms with van der Waals surface area (Å²) in [6, 6.07) is 0. The van der Waals surface area contributed by atoms with Gasteiger partial charge in [0.05, 0.1) is 0 Å². The molecule has 0 unspecified atom stereocenters. The van der Waals surface area contributed by atoms with Gasteiger partial charge in [-0.15, -0.1) is 0 Å². The van der Waals surface area contributed by atoms with Crippen LogP contribution in [0, 0.1) is 0 Å². The zero-order valence-electron chi connectivity index (χ0n) is 2.93. The first-order chi connectivity index (χ1) is 2.83. The van der Waals surface area contributed by atoms with Crippen LogP contribution in [0.1, 0.15) is 0 Å². The van der Waals surface area contributed by atoms with E-state index in [9.17, 15) is 0 Å². The molecule has 0 aromatic rings. The van der Waals surface area contributed by atoms with Gasteiger partial charge < -0.3 is 0 Å². The third-order valence-electron chi connectivity index (χ3n) is 0. The second-order valence-electron chi connectivity index (χ2n) is 0.202. The molecular weight excluding hydrogens is 196 g/mol. The molecule has 6 heavy (non-hydrogen) atoms. The molecule has 0 saturated heterocycles. The van der Waals surface area contributed by atoms with Crippen molar-refractivity contribution in [3.05, 3.63) is 0 Å². The Balaban J connectivity index is 0. The fraction of sp³-hybridized carbons (Fsp3) is 0. The summed E-state index contributed by atoms with van der Waals surface area (Å²) in [7, 11) is 19.6. The Morgan fingerprint density at radius 1 is 0.667 bits per heavy atom. The molecule has 0 nitrogen and oxygen atoms in total. The average molecular weight is 198 g/mol. The Morgan fingerprint density at radius 2 is 0.667 bits per heavy atom. The van der Waals surface area contributed by atoms with Gasteiger partial charge in [-0.25, -0.2) is 40.2 Å². The van der Waals surface area contributed by atoms with Gasteiger partial charge in [-0.1, -0.05) is 0 Å². The van der Waals surface area contributed by atoms with Crippen LogP contribution in [0.25, 0.3) is 0 Å². The predicted octanol–water partition coefficient (Wildman–Crippen LogP) is 1.46. The minimum atomic E-state index is -0.639. The lowest BCUT2D eigenvalue weighted by Gasteiger charge is -1.33. The Morgan fingerprint density at radius 3 is 0.667 bits per heavy atom. The first-order valence-electron chi connectivity index (χ1n) is 1.07. The molecular formula is H2Al2Cl4. The fourth-order valence-electron chi connectivity index (χ4n) is 0. The minimum absolute atomic E-state index is 0.639. The molecule has 0 aliphatic heterocycles. The highest BCUT2D eigenvalue weighted by Gasteiger charge is 1.59. The van der Waals surface area contributed by atoms with Crippen molar-refractivity contribution in [1.82, 2.24) is 0 Å². The first kappa shape index (κ1) is 11.1. The van der Waals surface area contributed by atoms with Gasteiger partial charge in [-0.05, 0) is 0 Å². The van der Waals surface area contributed by atoms with Crippen molar-refractivity contribution < 1.29 is 0 Å². The van der Waals surface area contributed by atoms with Crippen molar-refractivity contribution in [1.29, 1.82) is 0 Å². The molecule has 0 N–H and O–H groups in total. The normalized spacial score (nSPS) is 4.67. The van der Waals surface area contributed by atoms with Gasteiger partial charge in [0.25, 0.3) is 0 Å². The third kappa shape index (κ3) is 34.3. The fourth-order valence-corrected chi connectivity index (χ4v) is 0. The average Bonchev–Trinajstić information content (AvgIpc) is 1.39. The molecule has 0 spiro atoms. The molecule has 0 saturated carbocycles. The summed E-state index contributed by atoms with van der Waals surface area (Å²) in [4.78, 5) is 0. The minimum Gasteiger partial charge on any atom is -0.240 e. The Bertz CT molecular complexity index is 7.51. The summed E-state index contributed by atoms with van der Waals surface area (Å²) in [5.41, 5.74) is 0. The lowest BCUT2D eigenvalue weighted by molar-refractivity contribution is 4.39. The SMILES string of the molecule is [Cl][AlH][Cl].[Cl][AlH][Cl]. The van der Waals surface area contributed by atoms with E-state index in [0.29, 0.717) is 0 Å². The summed E-state index contributed by atoms with van der Waals surface area (Å²) < 4.78 is 0. The van der Waals surface area contributed by atoms with Gasteiger partial charge in [-0.2, -0.15) is 0 Å². The van der Waals surface area contributed by atoms with E-state index < -0.39 is 26.8 Å². The van der Waals surface area contributed by atoms with Crippen molar-refractivity contribution in [2.75, 3.05) is 0 Å². The van der Waals surface area contributed by atoms with E-state index in [1.165, 1.54) is 0 Å². The maximum absolute atomic E-state index is 4.90.